The molecule has 0 N–H and O–H groups in total. The van der Waals surface area contributed by atoms with E-state index in [0.29, 0.717) is 19.3 Å². The molecule has 1 aromatic rings. The van der Waals surface area contributed by atoms with Gasteiger partial charge in [0.1, 0.15) is 0 Å². The fourth-order valence-electron chi connectivity index (χ4n) is 2.14. The van der Waals surface area contributed by atoms with Crippen molar-refractivity contribution in [2.45, 2.75) is 36.9 Å². The van der Waals surface area contributed by atoms with Gasteiger partial charge in [-0.05, 0) is 30.7 Å². The van der Waals surface area contributed by atoms with Crippen molar-refractivity contribution in [3.8, 4) is 0 Å². The van der Waals surface area contributed by atoms with Crippen molar-refractivity contribution < 1.29 is 8.42 Å². The first-order valence-electron chi connectivity index (χ1n) is 5.44. The molecule has 1 aromatic carbocycles. The van der Waals surface area contributed by atoms with Crippen LogP contribution in [0.25, 0.3) is 0 Å². The van der Waals surface area contributed by atoms with E-state index in [2.05, 4.69) is 6.92 Å². The van der Waals surface area contributed by atoms with Crippen molar-refractivity contribution in [1.82, 2.24) is 0 Å². The molecule has 88 valence electrons. The van der Waals surface area contributed by atoms with Gasteiger partial charge in [-0.25, -0.2) is 8.42 Å². The van der Waals surface area contributed by atoms with Gasteiger partial charge in [0.2, 0.25) is 9.05 Å². The molecule has 0 radical (unpaired) electrons. The Morgan fingerprint density at radius 2 is 1.88 bits per heavy atom. The zero-order valence-electron chi connectivity index (χ0n) is 9.19. The first-order chi connectivity index (χ1) is 7.45. The zero-order chi connectivity index (χ0) is 11.8. The van der Waals surface area contributed by atoms with Crippen LogP contribution in [0.4, 0.5) is 0 Å². The summed E-state index contributed by atoms with van der Waals surface area (Å²) < 4.78 is 22.2. The summed E-state index contributed by atoms with van der Waals surface area (Å²) in [5, 5.41) is 0. The molecular weight excluding hydrogens is 244 g/mol. The summed E-state index contributed by atoms with van der Waals surface area (Å²) in [7, 11) is 2.07. The minimum absolute atomic E-state index is 0.234. The lowest BCUT2D eigenvalue weighted by molar-refractivity contribution is 0.563. The molecule has 1 atom stereocenters. The van der Waals surface area contributed by atoms with Crippen LogP contribution < -0.4 is 0 Å². The van der Waals surface area contributed by atoms with Crippen molar-refractivity contribution in [2.75, 3.05) is 0 Å². The molecule has 1 aliphatic carbocycles. The SMILES string of the molecule is CC(CC1(S(=O)(=O)Cl)CC1)c1ccccc1. The maximum atomic E-state index is 11.4. The monoisotopic (exact) mass is 258 g/mol. The van der Waals surface area contributed by atoms with E-state index in [1.165, 1.54) is 5.56 Å². The van der Waals surface area contributed by atoms with Gasteiger partial charge >= 0.3 is 0 Å². The molecule has 2 nitrogen and oxygen atoms in total. The van der Waals surface area contributed by atoms with E-state index in [1.807, 2.05) is 30.3 Å². The van der Waals surface area contributed by atoms with E-state index in [-0.39, 0.29) is 5.92 Å². The van der Waals surface area contributed by atoms with Crippen molar-refractivity contribution >= 4 is 19.7 Å². The van der Waals surface area contributed by atoms with Gasteiger partial charge in [0.15, 0.2) is 0 Å². The molecule has 16 heavy (non-hydrogen) atoms. The molecule has 4 heteroatoms. The molecule has 1 saturated carbocycles. The van der Waals surface area contributed by atoms with Crippen molar-refractivity contribution in [2.24, 2.45) is 0 Å². The largest absolute Gasteiger partial charge is 0.238 e. The second-order valence-corrected chi connectivity index (χ2v) is 7.60. The minimum Gasteiger partial charge on any atom is -0.212 e. The number of rotatable bonds is 4. The Morgan fingerprint density at radius 1 is 1.31 bits per heavy atom. The molecule has 0 spiro atoms. The second kappa shape index (κ2) is 4.04. The highest BCUT2D eigenvalue weighted by Gasteiger charge is 2.54. The van der Waals surface area contributed by atoms with E-state index >= 15 is 0 Å². The van der Waals surface area contributed by atoms with Crippen LogP contribution in [0.5, 0.6) is 0 Å². The first-order valence-corrected chi connectivity index (χ1v) is 7.75. The third-order valence-electron chi connectivity index (χ3n) is 3.37. The van der Waals surface area contributed by atoms with Crippen LogP contribution in [0.1, 0.15) is 37.7 Å². The summed E-state index contributed by atoms with van der Waals surface area (Å²) in [5.74, 6) is 0.234. The molecule has 0 saturated heterocycles. The number of hydrogen-bond donors (Lipinski definition) is 0. The van der Waals surface area contributed by atoms with Crippen molar-refractivity contribution in [3.05, 3.63) is 35.9 Å². The fourth-order valence-corrected chi connectivity index (χ4v) is 3.84. The molecule has 1 aliphatic rings. The van der Waals surface area contributed by atoms with Crippen LogP contribution in [0.3, 0.4) is 0 Å². The normalized spacial score (nSPS) is 20.4. The zero-order valence-corrected chi connectivity index (χ0v) is 10.8. The minimum atomic E-state index is -3.42. The number of halogens is 1. The summed E-state index contributed by atoms with van der Waals surface area (Å²) >= 11 is 0. The van der Waals surface area contributed by atoms with Gasteiger partial charge < -0.3 is 0 Å². The van der Waals surface area contributed by atoms with Gasteiger partial charge in [-0.2, -0.15) is 0 Å². The summed E-state index contributed by atoms with van der Waals surface area (Å²) in [6.07, 6.45) is 2.04. The quantitative estimate of drug-likeness (QED) is 0.777. The average Bonchev–Trinajstić information content (AvgIpc) is 2.99. The summed E-state index contributed by atoms with van der Waals surface area (Å²) in [4.78, 5) is 0. The summed E-state index contributed by atoms with van der Waals surface area (Å²) in [5.41, 5.74) is 1.18. The maximum Gasteiger partial charge on any atom is 0.238 e. The maximum absolute atomic E-state index is 11.4. The van der Waals surface area contributed by atoms with Crippen LogP contribution in [0, 0.1) is 0 Å². The van der Waals surface area contributed by atoms with Crippen LogP contribution in [-0.4, -0.2) is 13.2 Å². The molecule has 0 amide bonds. The number of hydrogen-bond acceptors (Lipinski definition) is 2. The molecule has 0 bridgehead atoms. The van der Waals surface area contributed by atoms with Crippen molar-refractivity contribution in [3.63, 3.8) is 0 Å². The molecule has 0 aliphatic heterocycles. The Morgan fingerprint density at radius 3 is 2.31 bits per heavy atom. The van der Waals surface area contributed by atoms with E-state index in [9.17, 15) is 8.42 Å². The third kappa shape index (κ3) is 2.25. The standard InChI is InChI=1S/C12H15ClO2S/c1-10(11-5-3-2-4-6-11)9-12(7-8-12)16(13,14)15/h2-6,10H,7-9H2,1H3. The first kappa shape index (κ1) is 11.9. The topological polar surface area (TPSA) is 34.1 Å². The Bertz CT molecular complexity index is 463. The Hall–Kier alpha value is -0.540. The molecular formula is C12H15ClO2S. The third-order valence-corrected chi connectivity index (χ3v) is 5.96. The van der Waals surface area contributed by atoms with Gasteiger partial charge in [0, 0.05) is 10.7 Å². The summed E-state index contributed by atoms with van der Waals surface area (Å²) in [6.45, 7) is 2.05. The molecule has 0 heterocycles. The molecule has 1 unspecified atom stereocenters. The van der Waals surface area contributed by atoms with Gasteiger partial charge in [-0.1, -0.05) is 37.3 Å². The van der Waals surface area contributed by atoms with Gasteiger partial charge in [-0.3, -0.25) is 0 Å². The predicted octanol–water partition coefficient (Wildman–Crippen LogP) is 3.28. The van der Waals surface area contributed by atoms with Crippen LogP contribution in [0.15, 0.2) is 30.3 Å². The molecule has 0 aromatic heterocycles. The summed E-state index contributed by atoms with van der Waals surface area (Å²) in [6, 6.07) is 9.96. The molecule has 2 rings (SSSR count). The van der Waals surface area contributed by atoms with E-state index < -0.39 is 13.8 Å². The number of benzene rings is 1. The smallest absolute Gasteiger partial charge is 0.212 e. The van der Waals surface area contributed by atoms with E-state index in [0.717, 1.165) is 0 Å². The van der Waals surface area contributed by atoms with Gasteiger partial charge in [-0.15, -0.1) is 0 Å². The highest BCUT2D eigenvalue weighted by molar-refractivity contribution is 8.15. The fraction of sp³-hybridized carbons (Fsp3) is 0.500. The van der Waals surface area contributed by atoms with E-state index in [1.54, 1.807) is 0 Å². The van der Waals surface area contributed by atoms with Gasteiger partial charge in [0.05, 0.1) is 4.75 Å². The Labute approximate surface area is 101 Å². The Kier molecular flexibility index (Phi) is 3.01. The lowest BCUT2D eigenvalue weighted by Gasteiger charge is -2.17. The average molecular weight is 259 g/mol. The lowest BCUT2D eigenvalue weighted by Crippen LogP contribution is -2.20. The highest BCUT2D eigenvalue weighted by atomic mass is 35.7. The highest BCUT2D eigenvalue weighted by Crippen LogP contribution is 2.51. The lowest BCUT2D eigenvalue weighted by atomic mass is 9.95. The predicted molar refractivity (Wildman–Crippen MR) is 66.2 cm³/mol. The van der Waals surface area contributed by atoms with Crippen LogP contribution in [-0.2, 0) is 9.05 Å². The van der Waals surface area contributed by atoms with Gasteiger partial charge in [0.25, 0.3) is 0 Å². The Balaban J connectivity index is 2.12. The van der Waals surface area contributed by atoms with Crippen LogP contribution in [0.2, 0.25) is 0 Å². The van der Waals surface area contributed by atoms with Crippen molar-refractivity contribution in [1.29, 1.82) is 0 Å². The van der Waals surface area contributed by atoms with Crippen LogP contribution >= 0.6 is 10.7 Å². The second-order valence-electron chi connectivity index (χ2n) is 4.64. The molecule has 1 fully saturated rings. The van der Waals surface area contributed by atoms with E-state index in [4.69, 9.17) is 10.7 Å².